The van der Waals surface area contributed by atoms with E-state index in [2.05, 4.69) is 9.98 Å². The predicted octanol–water partition coefficient (Wildman–Crippen LogP) is 4.25. The Bertz CT molecular complexity index is 1110. The third-order valence-electron chi connectivity index (χ3n) is 5.74. The number of benzene rings is 2. The van der Waals surface area contributed by atoms with E-state index in [1.807, 2.05) is 4.90 Å². The molecule has 1 spiro atoms. The summed E-state index contributed by atoms with van der Waals surface area (Å²) in [6, 6.07) is 9.24. The molecule has 8 heteroatoms. The van der Waals surface area contributed by atoms with Gasteiger partial charge in [-0.05, 0) is 24.3 Å². The molecule has 5 rings (SSSR count). The summed E-state index contributed by atoms with van der Waals surface area (Å²) in [5, 5.41) is 10.3. The fraction of sp³-hybridized carbons (Fsp3) is 0.318. The summed E-state index contributed by atoms with van der Waals surface area (Å²) < 4.78 is 40.4. The Hall–Kier alpha value is -2.97. The van der Waals surface area contributed by atoms with E-state index in [4.69, 9.17) is 9.47 Å². The van der Waals surface area contributed by atoms with Crippen molar-refractivity contribution in [3.8, 4) is 5.88 Å². The van der Waals surface area contributed by atoms with Crippen molar-refractivity contribution in [2.45, 2.75) is 18.6 Å². The van der Waals surface area contributed by atoms with Crippen LogP contribution in [-0.2, 0) is 9.47 Å². The molecule has 0 saturated carbocycles. The first-order valence-electron chi connectivity index (χ1n) is 9.90. The van der Waals surface area contributed by atoms with Gasteiger partial charge in [0.1, 0.15) is 11.6 Å². The van der Waals surface area contributed by atoms with Gasteiger partial charge in [0.2, 0.25) is 0 Å². The molecule has 0 atom stereocenters. The molecule has 2 aromatic carbocycles. The van der Waals surface area contributed by atoms with Crippen molar-refractivity contribution < 1.29 is 23.4 Å². The maximum absolute atomic E-state index is 14.8. The van der Waals surface area contributed by atoms with Crippen LogP contribution >= 0.6 is 0 Å². The molecule has 0 amide bonds. The van der Waals surface area contributed by atoms with Crippen molar-refractivity contribution >= 4 is 28.5 Å². The number of nitrogens with zero attached hydrogens (tertiary/aromatic N) is 2. The van der Waals surface area contributed by atoms with Gasteiger partial charge in [0.25, 0.3) is 0 Å². The maximum Gasteiger partial charge on any atom is 0.198 e. The van der Waals surface area contributed by atoms with Crippen molar-refractivity contribution in [2.75, 3.05) is 31.2 Å². The van der Waals surface area contributed by atoms with E-state index in [1.165, 1.54) is 18.3 Å². The van der Waals surface area contributed by atoms with Crippen LogP contribution in [-0.4, -0.2) is 48.4 Å². The first-order valence-corrected chi connectivity index (χ1v) is 9.90. The molecule has 0 aliphatic carbocycles. The Morgan fingerprint density at radius 2 is 1.83 bits per heavy atom. The van der Waals surface area contributed by atoms with Crippen molar-refractivity contribution in [1.82, 2.24) is 4.98 Å². The number of aliphatic imine (C=N–C) groups is 1. The van der Waals surface area contributed by atoms with E-state index in [-0.39, 0.29) is 22.6 Å². The monoisotopic (exact) mass is 413 g/mol. The van der Waals surface area contributed by atoms with Gasteiger partial charge in [0, 0.05) is 43.6 Å². The lowest BCUT2D eigenvalue weighted by molar-refractivity contribution is -0.169. The van der Waals surface area contributed by atoms with Gasteiger partial charge in [0.15, 0.2) is 11.7 Å². The van der Waals surface area contributed by atoms with E-state index >= 15 is 0 Å². The van der Waals surface area contributed by atoms with Crippen molar-refractivity contribution in [1.29, 1.82) is 0 Å². The van der Waals surface area contributed by atoms with Gasteiger partial charge in [-0.1, -0.05) is 6.07 Å². The molecule has 3 aromatic rings. The molecular weight excluding hydrogens is 392 g/mol. The summed E-state index contributed by atoms with van der Waals surface area (Å²) in [6.45, 7) is 2.50. The van der Waals surface area contributed by atoms with Crippen LogP contribution in [0.5, 0.6) is 5.88 Å². The van der Waals surface area contributed by atoms with Crippen LogP contribution < -0.4 is 4.90 Å². The third-order valence-corrected chi connectivity index (χ3v) is 5.74. The molecule has 2 aliphatic rings. The van der Waals surface area contributed by atoms with Gasteiger partial charge in [-0.25, -0.2) is 8.78 Å². The maximum atomic E-state index is 14.8. The fourth-order valence-corrected chi connectivity index (χ4v) is 4.19. The molecule has 156 valence electrons. The largest absolute Gasteiger partial charge is 0.494 e. The number of fused-ring (bicyclic) bond motifs is 1. The summed E-state index contributed by atoms with van der Waals surface area (Å²) >= 11 is 0. The summed E-state index contributed by atoms with van der Waals surface area (Å²) in [5.74, 6) is -1.55. The van der Waals surface area contributed by atoms with Gasteiger partial charge < -0.3 is 24.5 Å². The zero-order valence-electron chi connectivity index (χ0n) is 16.2. The smallest absolute Gasteiger partial charge is 0.198 e. The minimum absolute atomic E-state index is 0.186. The van der Waals surface area contributed by atoms with Gasteiger partial charge in [-0.3, -0.25) is 4.99 Å². The number of halogens is 2. The normalized spacial score (nSPS) is 18.8. The third kappa shape index (κ3) is 3.32. The minimum Gasteiger partial charge on any atom is -0.494 e. The number of aromatic hydroxyl groups is 1. The molecule has 0 radical (unpaired) electrons. The van der Waals surface area contributed by atoms with Crippen LogP contribution in [0.2, 0.25) is 0 Å². The van der Waals surface area contributed by atoms with Crippen molar-refractivity contribution in [2.24, 2.45) is 4.99 Å². The minimum atomic E-state index is -0.506. The number of hydrogen-bond donors (Lipinski definition) is 2. The second-order valence-electron chi connectivity index (χ2n) is 7.54. The van der Waals surface area contributed by atoms with Gasteiger partial charge >= 0.3 is 0 Å². The zero-order chi connectivity index (χ0) is 20.7. The molecular formula is C22H21F2N3O3. The number of H-pyrrole nitrogens is 1. The first kappa shape index (κ1) is 19.0. The lowest BCUT2D eigenvalue weighted by Gasteiger charge is -2.38. The van der Waals surface area contributed by atoms with E-state index < -0.39 is 11.6 Å². The van der Waals surface area contributed by atoms with Gasteiger partial charge in [-0.15, -0.1) is 0 Å². The lowest BCUT2D eigenvalue weighted by atomic mass is 10.0. The molecule has 30 heavy (non-hydrogen) atoms. The van der Waals surface area contributed by atoms with Crippen LogP contribution in [0.1, 0.15) is 18.4 Å². The molecule has 0 bridgehead atoms. The molecule has 2 saturated heterocycles. The van der Waals surface area contributed by atoms with E-state index in [0.29, 0.717) is 56.0 Å². The number of anilines is 1. The highest BCUT2D eigenvalue weighted by Crippen LogP contribution is 2.35. The zero-order valence-corrected chi connectivity index (χ0v) is 16.2. The van der Waals surface area contributed by atoms with E-state index in [1.54, 1.807) is 24.3 Å². The highest BCUT2D eigenvalue weighted by atomic mass is 19.1. The molecule has 1 aromatic heterocycles. The summed E-state index contributed by atoms with van der Waals surface area (Å²) in [4.78, 5) is 8.92. The highest BCUT2D eigenvalue weighted by Gasteiger charge is 2.40. The molecule has 2 fully saturated rings. The molecule has 6 nitrogen and oxygen atoms in total. The average Bonchev–Trinajstić information content (AvgIpc) is 3.32. The van der Waals surface area contributed by atoms with Crippen molar-refractivity contribution in [3.63, 3.8) is 0 Å². The second-order valence-corrected chi connectivity index (χ2v) is 7.54. The molecule has 2 N–H and O–H groups in total. The average molecular weight is 413 g/mol. The van der Waals surface area contributed by atoms with Crippen LogP contribution in [0.25, 0.3) is 10.9 Å². The number of aromatic nitrogens is 1. The fourth-order valence-electron chi connectivity index (χ4n) is 4.19. The summed E-state index contributed by atoms with van der Waals surface area (Å²) in [7, 11) is 0. The van der Waals surface area contributed by atoms with Crippen LogP contribution in [0.3, 0.4) is 0 Å². The molecule has 2 aliphatic heterocycles. The topological polar surface area (TPSA) is 70.1 Å². The number of aromatic amines is 1. The molecule has 3 heterocycles. The quantitative estimate of drug-likeness (QED) is 0.630. The Kier molecular flexibility index (Phi) is 4.67. The molecule has 0 unspecified atom stereocenters. The summed E-state index contributed by atoms with van der Waals surface area (Å²) in [5.41, 5.74) is 1.57. The Morgan fingerprint density at radius 3 is 2.57 bits per heavy atom. The van der Waals surface area contributed by atoms with Crippen LogP contribution in [0.4, 0.5) is 20.2 Å². The van der Waals surface area contributed by atoms with E-state index in [0.717, 1.165) is 0 Å². The Labute approximate surface area is 171 Å². The highest BCUT2D eigenvalue weighted by molar-refractivity contribution is 6.02. The standard InChI is InChI=1S/C22H21F2N3O3/c23-16-2-1-3-18-20(16)15(21(28)26-18)13-25-14-4-5-19(17(24)12-14)27-8-6-22(7-9-27)29-10-11-30-22/h1-5,12-13,26,28H,6-11H2. The lowest BCUT2D eigenvalue weighted by Crippen LogP contribution is -2.45. The van der Waals surface area contributed by atoms with E-state index in [9.17, 15) is 13.9 Å². The predicted molar refractivity (Wildman–Crippen MR) is 110 cm³/mol. The summed E-state index contributed by atoms with van der Waals surface area (Å²) in [6.07, 6.45) is 2.72. The van der Waals surface area contributed by atoms with Gasteiger partial charge in [-0.2, -0.15) is 0 Å². The van der Waals surface area contributed by atoms with Crippen LogP contribution in [0, 0.1) is 11.6 Å². The Balaban J connectivity index is 1.35. The second kappa shape index (κ2) is 7.37. The first-order chi connectivity index (χ1) is 14.5. The number of ether oxygens (including phenoxy) is 2. The number of nitrogens with one attached hydrogen (secondary N) is 1. The van der Waals surface area contributed by atoms with Crippen molar-refractivity contribution in [3.05, 3.63) is 53.6 Å². The number of rotatable bonds is 3. The number of hydrogen-bond acceptors (Lipinski definition) is 5. The Morgan fingerprint density at radius 1 is 1.07 bits per heavy atom. The number of piperidine rings is 1. The van der Waals surface area contributed by atoms with Crippen LogP contribution in [0.15, 0.2) is 41.4 Å². The van der Waals surface area contributed by atoms with Gasteiger partial charge in [0.05, 0.1) is 35.7 Å². The SMILES string of the molecule is Oc1[nH]c2cccc(F)c2c1C=Nc1ccc(N2CCC3(CC2)OCCO3)c(F)c1.